The summed E-state index contributed by atoms with van der Waals surface area (Å²) in [7, 11) is -5.18. The summed E-state index contributed by atoms with van der Waals surface area (Å²) in [6.07, 6.45) is 0.378. The van der Waals surface area contributed by atoms with Crippen LogP contribution in [0.15, 0.2) is 12.7 Å². The molecule has 0 aromatic heterocycles. The molecule has 2 unspecified atom stereocenters. The van der Waals surface area contributed by atoms with Gasteiger partial charge in [0.05, 0.1) is 6.61 Å². The van der Waals surface area contributed by atoms with E-state index in [1.165, 1.54) is 0 Å². The van der Waals surface area contributed by atoms with Gasteiger partial charge in [-0.25, -0.2) is 4.79 Å². The molecule has 0 aromatic rings. The number of aliphatic hydroxyl groups excluding tert-OH is 2. The SMILES string of the molecule is C=CC(=O)OC(CCC[SiH](O[Si](C)(C)C)O[Si](C)(C)C)C(O)CO. The Labute approximate surface area is 149 Å². The summed E-state index contributed by atoms with van der Waals surface area (Å²) >= 11 is 0. The van der Waals surface area contributed by atoms with Crippen molar-refractivity contribution < 1.29 is 28.0 Å². The number of aliphatic hydroxyl groups is 2. The molecule has 0 rings (SSSR count). The van der Waals surface area contributed by atoms with Crippen LogP contribution in [0.25, 0.3) is 0 Å². The maximum Gasteiger partial charge on any atom is 0.330 e. The van der Waals surface area contributed by atoms with Crippen LogP contribution in [0.3, 0.4) is 0 Å². The second kappa shape index (κ2) is 10.6. The Kier molecular flexibility index (Phi) is 10.5. The monoisotopic (exact) mass is 394 g/mol. The van der Waals surface area contributed by atoms with Crippen molar-refractivity contribution in [2.75, 3.05) is 6.61 Å². The van der Waals surface area contributed by atoms with E-state index < -0.39 is 50.7 Å². The Morgan fingerprint density at radius 3 is 2.04 bits per heavy atom. The van der Waals surface area contributed by atoms with Gasteiger partial charge in [0.25, 0.3) is 0 Å². The average Bonchev–Trinajstić information content (AvgIpc) is 2.41. The van der Waals surface area contributed by atoms with Gasteiger partial charge >= 0.3 is 15.3 Å². The van der Waals surface area contributed by atoms with Crippen molar-refractivity contribution in [1.82, 2.24) is 0 Å². The third-order valence-corrected chi connectivity index (χ3v) is 11.6. The molecule has 0 aliphatic carbocycles. The molecular weight excluding hydrogens is 360 g/mol. The van der Waals surface area contributed by atoms with E-state index in [4.69, 9.17) is 18.1 Å². The number of hydrogen-bond donors (Lipinski definition) is 2. The summed E-state index contributed by atoms with van der Waals surface area (Å²) in [5.74, 6) is -0.599. The number of ether oxygens (including phenoxy) is 1. The molecular formula is C15H34O6Si3. The van der Waals surface area contributed by atoms with E-state index in [0.29, 0.717) is 12.8 Å². The Morgan fingerprint density at radius 1 is 1.17 bits per heavy atom. The Bertz CT molecular complexity index is 376. The largest absolute Gasteiger partial charge is 0.456 e. The second-order valence-electron chi connectivity index (χ2n) is 7.75. The number of rotatable bonds is 12. The molecule has 0 heterocycles. The van der Waals surface area contributed by atoms with Crippen LogP contribution in [0.1, 0.15) is 12.8 Å². The van der Waals surface area contributed by atoms with Gasteiger partial charge in [-0.15, -0.1) is 0 Å². The van der Waals surface area contributed by atoms with Crippen LogP contribution < -0.4 is 0 Å². The van der Waals surface area contributed by atoms with Crippen molar-refractivity contribution in [1.29, 1.82) is 0 Å². The lowest BCUT2D eigenvalue weighted by Gasteiger charge is -2.31. The molecule has 0 aromatic carbocycles. The van der Waals surface area contributed by atoms with Crippen molar-refractivity contribution in [3.05, 3.63) is 12.7 Å². The zero-order valence-corrected chi connectivity index (χ0v) is 19.0. The van der Waals surface area contributed by atoms with E-state index in [-0.39, 0.29) is 0 Å². The zero-order valence-electron chi connectivity index (χ0n) is 15.9. The molecule has 0 saturated heterocycles. The fourth-order valence-corrected chi connectivity index (χ4v) is 10.5. The minimum atomic E-state index is -1.81. The van der Waals surface area contributed by atoms with Crippen LogP contribution in [-0.4, -0.2) is 60.9 Å². The molecule has 0 amide bonds. The van der Waals surface area contributed by atoms with Crippen LogP contribution in [0.5, 0.6) is 0 Å². The predicted octanol–water partition coefficient (Wildman–Crippen LogP) is 2.14. The van der Waals surface area contributed by atoms with Gasteiger partial charge in [-0.05, 0) is 58.2 Å². The van der Waals surface area contributed by atoms with Crippen LogP contribution in [-0.2, 0) is 17.8 Å². The first-order chi connectivity index (χ1) is 10.9. The lowest BCUT2D eigenvalue weighted by Crippen LogP contribution is -2.43. The number of carbonyl (C=O) groups excluding carboxylic acids is 1. The van der Waals surface area contributed by atoms with Crippen LogP contribution in [0, 0.1) is 0 Å². The molecule has 2 N–H and O–H groups in total. The Morgan fingerprint density at radius 2 is 1.67 bits per heavy atom. The van der Waals surface area contributed by atoms with Gasteiger partial charge in [-0.1, -0.05) is 6.58 Å². The standard InChI is InChI=1S/C15H34O6Si3/c1-8-15(18)19-14(13(17)12-16)10-9-11-22(20-23(2,3)4)21-24(5,6)7/h8,13-14,16-17,22H,1,9-12H2,2-7H3. The smallest absolute Gasteiger partial charge is 0.330 e. The highest BCUT2D eigenvalue weighted by Crippen LogP contribution is 2.18. The lowest BCUT2D eigenvalue weighted by atomic mass is 10.1. The first kappa shape index (κ1) is 23.7. The van der Waals surface area contributed by atoms with Gasteiger partial charge in [0.1, 0.15) is 12.2 Å². The third kappa shape index (κ3) is 12.1. The summed E-state index contributed by atoms with van der Waals surface area (Å²) in [5, 5.41) is 18.9. The van der Waals surface area contributed by atoms with Gasteiger partial charge in [-0.2, -0.15) is 0 Å². The average molecular weight is 395 g/mol. The van der Waals surface area contributed by atoms with E-state index in [2.05, 4.69) is 45.9 Å². The van der Waals surface area contributed by atoms with E-state index >= 15 is 0 Å². The Hall–Kier alpha value is -0.299. The maximum absolute atomic E-state index is 11.4. The summed E-state index contributed by atoms with van der Waals surface area (Å²) in [6.45, 7) is 15.8. The summed E-state index contributed by atoms with van der Waals surface area (Å²) in [5.41, 5.74) is 0. The van der Waals surface area contributed by atoms with Gasteiger partial charge in [-0.3, -0.25) is 0 Å². The first-order valence-electron chi connectivity index (χ1n) is 8.35. The molecule has 9 heteroatoms. The molecule has 2 atom stereocenters. The van der Waals surface area contributed by atoms with Crippen molar-refractivity contribution in [3.8, 4) is 0 Å². The molecule has 0 radical (unpaired) electrons. The van der Waals surface area contributed by atoms with Gasteiger partial charge in [0.15, 0.2) is 16.6 Å². The van der Waals surface area contributed by atoms with E-state index in [9.17, 15) is 9.90 Å². The molecule has 24 heavy (non-hydrogen) atoms. The molecule has 0 saturated carbocycles. The van der Waals surface area contributed by atoms with Crippen LogP contribution in [0.2, 0.25) is 45.3 Å². The second-order valence-corrected chi connectivity index (χ2v) is 19.5. The fourth-order valence-electron chi connectivity index (χ4n) is 2.06. The zero-order chi connectivity index (χ0) is 19.0. The molecule has 6 nitrogen and oxygen atoms in total. The lowest BCUT2D eigenvalue weighted by molar-refractivity contribution is -0.151. The topological polar surface area (TPSA) is 85.2 Å². The van der Waals surface area contributed by atoms with Crippen LogP contribution in [0.4, 0.5) is 0 Å². The van der Waals surface area contributed by atoms with E-state index in [1.54, 1.807) is 0 Å². The third-order valence-electron chi connectivity index (χ3n) is 2.95. The van der Waals surface area contributed by atoms with Crippen LogP contribution >= 0.6 is 0 Å². The molecule has 0 bridgehead atoms. The molecule has 0 spiro atoms. The normalized spacial score (nSPS) is 15.2. The minimum absolute atomic E-state index is 0.452. The van der Waals surface area contributed by atoms with Gasteiger partial charge < -0.3 is 23.2 Å². The molecule has 0 aliphatic rings. The maximum atomic E-state index is 11.4. The van der Waals surface area contributed by atoms with Gasteiger partial charge in [0, 0.05) is 6.08 Å². The number of esters is 1. The quantitative estimate of drug-likeness (QED) is 0.300. The predicted molar refractivity (Wildman–Crippen MR) is 103 cm³/mol. The number of carbonyl (C=O) groups is 1. The highest BCUT2D eigenvalue weighted by molar-refractivity contribution is 6.81. The summed E-state index contributed by atoms with van der Waals surface area (Å²) < 4.78 is 17.6. The highest BCUT2D eigenvalue weighted by Gasteiger charge is 2.29. The molecule has 0 aliphatic heterocycles. The molecule has 0 fully saturated rings. The Balaban J connectivity index is 4.68. The summed E-state index contributed by atoms with van der Waals surface area (Å²) in [6, 6.07) is 0.787. The van der Waals surface area contributed by atoms with Crippen molar-refractivity contribution in [2.45, 2.75) is 70.4 Å². The van der Waals surface area contributed by atoms with E-state index in [1.807, 2.05) is 0 Å². The number of hydrogen-bond acceptors (Lipinski definition) is 6. The van der Waals surface area contributed by atoms with E-state index in [0.717, 1.165) is 12.1 Å². The fraction of sp³-hybridized carbons (Fsp3) is 0.800. The van der Waals surface area contributed by atoms with Crippen molar-refractivity contribution in [3.63, 3.8) is 0 Å². The highest BCUT2D eigenvalue weighted by atomic mass is 28.4. The first-order valence-corrected chi connectivity index (χ1v) is 16.9. The summed E-state index contributed by atoms with van der Waals surface area (Å²) in [4.78, 5) is 11.4. The minimum Gasteiger partial charge on any atom is -0.456 e. The van der Waals surface area contributed by atoms with Crippen molar-refractivity contribution in [2.24, 2.45) is 0 Å². The molecule has 142 valence electrons. The van der Waals surface area contributed by atoms with Crippen molar-refractivity contribution >= 4 is 31.9 Å². The van der Waals surface area contributed by atoms with Gasteiger partial charge in [0.2, 0.25) is 0 Å².